The number of non-ortho nitro benzene ring substituents is 1. The number of benzene rings is 2. The molecule has 2 rings (SSSR count). The summed E-state index contributed by atoms with van der Waals surface area (Å²) in [4.78, 5) is 23.0. The molecule has 0 saturated heterocycles. The minimum atomic E-state index is -0.548. The number of rotatable bonds is 8. The van der Waals surface area contributed by atoms with Crippen molar-refractivity contribution >= 4 is 17.3 Å². The van der Waals surface area contributed by atoms with Crippen molar-refractivity contribution in [3.8, 4) is 17.2 Å². The van der Waals surface area contributed by atoms with Gasteiger partial charge in [0.05, 0.1) is 31.8 Å². The fourth-order valence-electron chi connectivity index (χ4n) is 2.55. The molecule has 0 saturated carbocycles. The highest BCUT2D eigenvalue weighted by molar-refractivity contribution is 6.00. The first-order valence-electron chi connectivity index (χ1n) is 7.98. The number of amides is 1. The third-order valence-corrected chi connectivity index (χ3v) is 3.95. The summed E-state index contributed by atoms with van der Waals surface area (Å²) in [6, 6.07) is 7.41. The van der Waals surface area contributed by atoms with E-state index in [1.807, 2.05) is 0 Å². The van der Waals surface area contributed by atoms with Crippen molar-refractivity contribution in [3.63, 3.8) is 0 Å². The zero-order valence-corrected chi connectivity index (χ0v) is 15.5. The Kier molecular flexibility index (Phi) is 6.42. The Bertz CT molecular complexity index is 853. The molecular formula is C18H21N3O6. The van der Waals surface area contributed by atoms with Crippen LogP contribution in [0.1, 0.15) is 15.9 Å². The maximum Gasteiger partial charge on any atom is 0.270 e. The first kappa shape index (κ1) is 19.8. The second-order valence-electron chi connectivity index (χ2n) is 5.44. The molecule has 2 aromatic carbocycles. The highest BCUT2D eigenvalue weighted by atomic mass is 16.6. The molecule has 0 atom stereocenters. The van der Waals surface area contributed by atoms with E-state index in [2.05, 4.69) is 10.6 Å². The molecule has 9 heteroatoms. The van der Waals surface area contributed by atoms with Gasteiger partial charge in [0.1, 0.15) is 5.75 Å². The molecule has 144 valence electrons. The van der Waals surface area contributed by atoms with Crippen LogP contribution in [0.15, 0.2) is 30.3 Å². The normalized spacial score (nSPS) is 10.1. The maximum atomic E-state index is 12.6. The number of carbonyl (C=O) groups is 1. The molecule has 0 aliphatic carbocycles. The lowest BCUT2D eigenvalue weighted by Crippen LogP contribution is -2.24. The van der Waals surface area contributed by atoms with Gasteiger partial charge in [0.2, 0.25) is 0 Å². The Morgan fingerprint density at radius 3 is 2.22 bits per heavy atom. The average molecular weight is 375 g/mol. The summed E-state index contributed by atoms with van der Waals surface area (Å²) in [6.45, 7) is 0.133. The maximum absolute atomic E-state index is 12.6. The number of nitrogens with zero attached hydrogens (tertiary/aromatic N) is 1. The van der Waals surface area contributed by atoms with Gasteiger partial charge in [-0.2, -0.15) is 0 Å². The molecule has 0 bridgehead atoms. The van der Waals surface area contributed by atoms with Crippen LogP contribution in [-0.2, 0) is 6.54 Å². The van der Waals surface area contributed by atoms with Gasteiger partial charge in [-0.1, -0.05) is 0 Å². The standard InChI is InChI=1S/C18H21N3O6/c1-19-14-6-5-12(21(23)24)8-13(14)18(22)20-10-11-7-16(26-3)17(27-4)9-15(11)25-2/h5-9,19H,10H2,1-4H3,(H,20,22). The van der Waals surface area contributed by atoms with Gasteiger partial charge in [-0.05, 0) is 12.1 Å². The molecule has 27 heavy (non-hydrogen) atoms. The molecular weight excluding hydrogens is 354 g/mol. The van der Waals surface area contributed by atoms with Crippen LogP contribution in [0.2, 0.25) is 0 Å². The molecule has 0 aromatic heterocycles. The lowest BCUT2D eigenvalue weighted by Gasteiger charge is -2.15. The zero-order chi connectivity index (χ0) is 20.0. The highest BCUT2D eigenvalue weighted by Gasteiger charge is 2.18. The fraction of sp³-hybridized carbons (Fsp3) is 0.278. The number of carbonyl (C=O) groups excluding carboxylic acids is 1. The summed E-state index contributed by atoms with van der Waals surface area (Å²) in [6.07, 6.45) is 0. The van der Waals surface area contributed by atoms with E-state index >= 15 is 0 Å². The van der Waals surface area contributed by atoms with Crippen molar-refractivity contribution < 1.29 is 23.9 Å². The van der Waals surface area contributed by atoms with Crippen LogP contribution in [-0.4, -0.2) is 39.2 Å². The van der Waals surface area contributed by atoms with Gasteiger partial charge in [-0.15, -0.1) is 0 Å². The van der Waals surface area contributed by atoms with Gasteiger partial charge in [-0.3, -0.25) is 14.9 Å². The fourth-order valence-corrected chi connectivity index (χ4v) is 2.55. The molecule has 1 amide bonds. The summed E-state index contributed by atoms with van der Waals surface area (Å²) in [5.41, 5.74) is 1.16. The van der Waals surface area contributed by atoms with E-state index in [1.54, 1.807) is 19.2 Å². The molecule has 0 aliphatic heterocycles. The second kappa shape index (κ2) is 8.75. The lowest BCUT2D eigenvalue weighted by atomic mass is 10.1. The molecule has 0 fully saturated rings. The van der Waals surface area contributed by atoms with E-state index in [0.717, 1.165) is 0 Å². The van der Waals surface area contributed by atoms with Crippen LogP contribution >= 0.6 is 0 Å². The van der Waals surface area contributed by atoms with Crippen LogP contribution in [0.3, 0.4) is 0 Å². The minimum absolute atomic E-state index is 0.133. The summed E-state index contributed by atoms with van der Waals surface area (Å²) in [5, 5.41) is 16.6. The number of nitro benzene ring substituents is 1. The molecule has 2 N–H and O–H groups in total. The number of anilines is 1. The number of hydrogen-bond acceptors (Lipinski definition) is 7. The lowest BCUT2D eigenvalue weighted by molar-refractivity contribution is -0.384. The topological polar surface area (TPSA) is 112 Å². The molecule has 0 unspecified atom stereocenters. The van der Waals surface area contributed by atoms with E-state index in [-0.39, 0.29) is 17.8 Å². The van der Waals surface area contributed by atoms with Gasteiger partial charge in [-0.25, -0.2) is 0 Å². The van der Waals surface area contributed by atoms with E-state index in [1.165, 1.54) is 39.5 Å². The van der Waals surface area contributed by atoms with Crippen molar-refractivity contribution in [1.29, 1.82) is 0 Å². The summed E-state index contributed by atoms with van der Waals surface area (Å²) in [5.74, 6) is 1.05. The van der Waals surface area contributed by atoms with Crippen LogP contribution in [0, 0.1) is 10.1 Å². The Labute approximate surface area is 156 Å². The smallest absolute Gasteiger partial charge is 0.270 e. The quantitative estimate of drug-likeness (QED) is 0.539. The van der Waals surface area contributed by atoms with Crippen molar-refractivity contribution in [2.24, 2.45) is 0 Å². The third kappa shape index (κ3) is 4.38. The second-order valence-corrected chi connectivity index (χ2v) is 5.44. The van der Waals surface area contributed by atoms with Crippen molar-refractivity contribution in [1.82, 2.24) is 5.32 Å². The number of methoxy groups -OCH3 is 3. The van der Waals surface area contributed by atoms with E-state index < -0.39 is 10.8 Å². The van der Waals surface area contributed by atoms with Gasteiger partial charge >= 0.3 is 0 Å². The third-order valence-electron chi connectivity index (χ3n) is 3.95. The molecule has 2 aromatic rings. The van der Waals surface area contributed by atoms with Gasteiger partial charge in [0.25, 0.3) is 11.6 Å². The molecule has 9 nitrogen and oxygen atoms in total. The van der Waals surface area contributed by atoms with E-state index in [9.17, 15) is 14.9 Å². The highest BCUT2D eigenvalue weighted by Crippen LogP contribution is 2.34. The first-order valence-corrected chi connectivity index (χ1v) is 7.98. The van der Waals surface area contributed by atoms with Crippen LogP contribution in [0.5, 0.6) is 17.2 Å². The average Bonchev–Trinajstić information content (AvgIpc) is 2.70. The van der Waals surface area contributed by atoms with Crippen LogP contribution < -0.4 is 24.8 Å². The largest absolute Gasteiger partial charge is 0.496 e. The summed E-state index contributed by atoms with van der Waals surface area (Å²) in [7, 11) is 6.16. The van der Waals surface area contributed by atoms with E-state index in [0.29, 0.717) is 28.5 Å². The number of ether oxygens (including phenoxy) is 3. The zero-order valence-electron chi connectivity index (χ0n) is 15.5. The number of nitro groups is 1. The van der Waals surface area contributed by atoms with Crippen molar-refractivity contribution in [2.45, 2.75) is 6.54 Å². The predicted octanol–water partition coefficient (Wildman–Crippen LogP) is 2.59. The Morgan fingerprint density at radius 1 is 1.04 bits per heavy atom. The monoisotopic (exact) mass is 375 g/mol. The Hall–Kier alpha value is -3.49. The van der Waals surface area contributed by atoms with Gasteiger partial charge in [0, 0.05) is 43.0 Å². The van der Waals surface area contributed by atoms with Crippen molar-refractivity contribution in [2.75, 3.05) is 33.7 Å². The number of nitrogens with one attached hydrogen (secondary N) is 2. The predicted molar refractivity (Wildman–Crippen MR) is 99.9 cm³/mol. The van der Waals surface area contributed by atoms with Gasteiger partial charge < -0.3 is 24.8 Å². The SMILES string of the molecule is CNc1ccc([N+](=O)[O-])cc1C(=O)NCc1cc(OC)c(OC)cc1OC. The summed E-state index contributed by atoms with van der Waals surface area (Å²) >= 11 is 0. The molecule has 0 spiro atoms. The molecule has 0 aliphatic rings. The Balaban J connectivity index is 2.27. The summed E-state index contributed by atoms with van der Waals surface area (Å²) < 4.78 is 15.8. The van der Waals surface area contributed by atoms with E-state index in [4.69, 9.17) is 14.2 Å². The first-order chi connectivity index (χ1) is 12.9. The molecule has 0 radical (unpaired) electrons. The van der Waals surface area contributed by atoms with Crippen LogP contribution in [0.4, 0.5) is 11.4 Å². The van der Waals surface area contributed by atoms with Crippen molar-refractivity contribution in [3.05, 3.63) is 51.6 Å². The van der Waals surface area contributed by atoms with Gasteiger partial charge in [0.15, 0.2) is 11.5 Å². The molecule has 0 heterocycles. The Morgan fingerprint density at radius 2 is 1.67 bits per heavy atom. The minimum Gasteiger partial charge on any atom is -0.496 e. The number of hydrogen-bond donors (Lipinski definition) is 2. The van der Waals surface area contributed by atoms with Crippen LogP contribution in [0.25, 0.3) is 0 Å².